The summed E-state index contributed by atoms with van der Waals surface area (Å²) in [5, 5.41) is 13.3. The van der Waals surface area contributed by atoms with E-state index in [-0.39, 0.29) is 42.2 Å². The molecule has 1 aromatic carbocycles. The molecule has 25 heavy (non-hydrogen) atoms. The van der Waals surface area contributed by atoms with Crippen molar-refractivity contribution in [1.82, 2.24) is 10.2 Å². The number of rotatable bonds is 4. The quantitative estimate of drug-likeness (QED) is 0.605. The molecule has 3 N–H and O–H groups in total. The lowest BCUT2D eigenvalue weighted by molar-refractivity contribution is -0.384. The molecule has 2 aliphatic rings. The molecule has 0 spiro atoms. The normalized spacial score (nSPS) is 24.4. The van der Waals surface area contributed by atoms with Crippen LogP contribution in [-0.4, -0.2) is 47.3 Å². The van der Waals surface area contributed by atoms with Crippen molar-refractivity contribution < 1.29 is 14.5 Å². The maximum Gasteiger partial charge on any atom is 0.270 e. The SMILES string of the molecule is Cl.NC1CCC2CN(C(=O)CNC(=O)c3cccc([N+](=O)[O-])c3)CC12. The summed E-state index contributed by atoms with van der Waals surface area (Å²) in [5.74, 6) is 0.191. The zero-order valence-electron chi connectivity index (χ0n) is 13.6. The number of fused-ring (bicyclic) bond motifs is 1. The van der Waals surface area contributed by atoms with Gasteiger partial charge < -0.3 is 16.0 Å². The van der Waals surface area contributed by atoms with Crippen LogP contribution < -0.4 is 11.1 Å². The Morgan fingerprint density at radius 1 is 1.32 bits per heavy atom. The maximum absolute atomic E-state index is 12.3. The fraction of sp³-hybridized carbons (Fsp3) is 0.500. The zero-order valence-corrected chi connectivity index (χ0v) is 14.4. The van der Waals surface area contributed by atoms with Gasteiger partial charge >= 0.3 is 0 Å². The third-order valence-electron chi connectivity index (χ3n) is 4.98. The Hall–Kier alpha value is -2.19. The minimum atomic E-state index is -0.561. The highest BCUT2D eigenvalue weighted by Crippen LogP contribution is 2.36. The highest BCUT2D eigenvalue weighted by atomic mass is 35.5. The average Bonchev–Trinajstić information content (AvgIpc) is 3.15. The second-order valence-electron chi connectivity index (χ2n) is 6.45. The number of carbonyl (C=O) groups excluding carboxylic acids is 2. The first-order chi connectivity index (χ1) is 11.5. The highest BCUT2D eigenvalue weighted by molar-refractivity contribution is 5.97. The van der Waals surface area contributed by atoms with Gasteiger partial charge in [-0.15, -0.1) is 12.4 Å². The predicted molar refractivity (Wildman–Crippen MR) is 93.4 cm³/mol. The summed E-state index contributed by atoms with van der Waals surface area (Å²) in [4.78, 5) is 36.3. The van der Waals surface area contributed by atoms with Gasteiger partial charge in [0, 0.05) is 36.8 Å². The van der Waals surface area contributed by atoms with Crippen molar-refractivity contribution >= 4 is 29.9 Å². The van der Waals surface area contributed by atoms with Gasteiger partial charge in [-0.2, -0.15) is 0 Å². The van der Waals surface area contributed by atoms with E-state index in [0.29, 0.717) is 24.9 Å². The molecule has 9 heteroatoms. The van der Waals surface area contributed by atoms with E-state index in [1.165, 1.54) is 24.3 Å². The molecule has 8 nitrogen and oxygen atoms in total. The third kappa shape index (κ3) is 4.08. The van der Waals surface area contributed by atoms with E-state index in [9.17, 15) is 19.7 Å². The number of nitrogens with two attached hydrogens (primary N) is 1. The van der Waals surface area contributed by atoms with Gasteiger partial charge in [-0.1, -0.05) is 6.07 Å². The number of benzene rings is 1. The lowest BCUT2D eigenvalue weighted by atomic mass is 9.98. The summed E-state index contributed by atoms with van der Waals surface area (Å²) < 4.78 is 0. The maximum atomic E-state index is 12.3. The minimum absolute atomic E-state index is 0. The fourth-order valence-corrected chi connectivity index (χ4v) is 3.64. The number of halogens is 1. The second-order valence-corrected chi connectivity index (χ2v) is 6.45. The zero-order chi connectivity index (χ0) is 17.3. The van der Waals surface area contributed by atoms with Gasteiger partial charge in [0.25, 0.3) is 11.6 Å². The minimum Gasteiger partial charge on any atom is -0.343 e. The number of nitro groups is 1. The molecule has 1 saturated heterocycles. The van der Waals surface area contributed by atoms with E-state index in [0.717, 1.165) is 12.8 Å². The molecule has 1 aliphatic carbocycles. The van der Waals surface area contributed by atoms with Crippen LogP contribution in [0.2, 0.25) is 0 Å². The number of nitro benzene ring substituents is 1. The van der Waals surface area contributed by atoms with Crippen LogP contribution in [0, 0.1) is 22.0 Å². The summed E-state index contributed by atoms with van der Waals surface area (Å²) in [6.07, 6.45) is 2.07. The Kier molecular flexibility index (Phi) is 5.97. The summed E-state index contributed by atoms with van der Waals surface area (Å²) in [7, 11) is 0. The van der Waals surface area contributed by atoms with E-state index in [4.69, 9.17) is 5.73 Å². The molecule has 1 saturated carbocycles. The van der Waals surface area contributed by atoms with Crippen LogP contribution in [0.4, 0.5) is 5.69 Å². The molecular formula is C16H21ClN4O4. The largest absolute Gasteiger partial charge is 0.343 e. The summed E-state index contributed by atoms with van der Waals surface area (Å²) in [5.41, 5.74) is 6.06. The van der Waals surface area contributed by atoms with Gasteiger partial charge in [0.05, 0.1) is 11.5 Å². The van der Waals surface area contributed by atoms with Gasteiger partial charge in [-0.25, -0.2) is 0 Å². The molecule has 1 heterocycles. The summed E-state index contributed by atoms with van der Waals surface area (Å²) >= 11 is 0. The van der Waals surface area contributed by atoms with Crippen molar-refractivity contribution in [3.05, 3.63) is 39.9 Å². The molecule has 1 aliphatic heterocycles. The Balaban J connectivity index is 0.00000225. The molecule has 0 radical (unpaired) electrons. The Bertz CT molecular complexity index is 684. The third-order valence-corrected chi connectivity index (χ3v) is 4.98. The lowest BCUT2D eigenvalue weighted by Crippen LogP contribution is -2.40. The molecule has 1 aromatic rings. The van der Waals surface area contributed by atoms with Crippen LogP contribution in [0.1, 0.15) is 23.2 Å². The first-order valence-corrected chi connectivity index (χ1v) is 8.01. The molecular weight excluding hydrogens is 348 g/mol. The smallest absolute Gasteiger partial charge is 0.270 e. The van der Waals surface area contributed by atoms with Crippen molar-refractivity contribution in [3.8, 4) is 0 Å². The van der Waals surface area contributed by atoms with Crippen molar-refractivity contribution in [2.75, 3.05) is 19.6 Å². The van der Waals surface area contributed by atoms with Crippen LogP contribution in [0.25, 0.3) is 0 Å². The summed E-state index contributed by atoms with van der Waals surface area (Å²) in [6, 6.07) is 5.59. The van der Waals surface area contributed by atoms with Gasteiger partial charge in [-0.05, 0) is 30.7 Å². The van der Waals surface area contributed by atoms with E-state index >= 15 is 0 Å². The number of nitrogens with zero attached hydrogens (tertiary/aromatic N) is 2. The van der Waals surface area contributed by atoms with Gasteiger partial charge in [0.2, 0.25) is 5.91 Å². The Morgan fingerprint density at radius 2 is 2.08 bits per heavy atom. The fourth-order valence-electron chi connectivity index (χ4n) is 3.64. The predicted octanol–water partition coefficient (Wildman–Crippen LogP) is 0.942. The Labute approximate surface area is 151 Å². The van der Waals surface area contributed by atoms with E-state index in [1.54, 1.807) is 4.90 Å². The van der Waals surface area contributed by atoms with Crippen LogP contribution in [0.3, 0.4) is 0 Å². The Morgan fingerprint density at radius 3 is 2.76 bits per heavy atom. The van der Waals surface area contributed by atoms with Crippen LogP contribution in [0.15, 0.2) is 24.3 Å². The van der Waals surface area contributed by atoms with Crippen LogP contribution in [-0.2, 0) is 4.79 Å². The first-order valence-electron chi connectivity index (χ1n) is 8.01. The lowest BCUT2D eigenvalue weighted by Gasteiger charge is -2.19. The molecule has 0 bridgehead atoms. The first kappa shape index (κ1) is 19.1. The molecule has 3 rings (SSSR count). The van der Waals surface area contributed by atoms with Crippen molar-refractivity contribution in [3.63, 3.8) is 0 Å². The van der Waals surface area contributed by atoms with Gasteiger partial charge in [-0.3, -0.25) is 19.7 Å². The van der Waals surface area contributed by atoms with Crippen LogP contribution in [0.5, 0.6) is 0 Å². The van der Waals surface area contributed by atoms with E-state index < -0.39 is 10.8 Å². The standard InChI is InChI=1S/C16H20N4O4.ClH/c17-14-5-4-11-8-19(9-13(11)14)15(21)7-18-16(22)10-2-1-3-12(6-10)20(23)24;/h1-3,6,11,13-14H,4-5,7-9,17H2,(H,18,22);1H. The van der Waals surface area contributed by atoms with Crippen molar-refractivity contribution in [2.45, 2.75) is 18.9 Å². The molecule has 2 fully saturated rings. The number of hydrogen-bond donors (Lipinski definition) is 2. The molecule has 2 amide bonds. The van der Waals surface area contributed by atoms with Crippen molar-refractivity contribution in [1.29, 1.82) is 0 Å². The van der Waals surface area contributed by atoms with Crippen LogP contribution >= 0.6 is 12.4 Å². The molecule has 3 atom stereocenters. The summed E-state index contributed by atoms with van der Waals surface area (Å²) in [6.45, 7) is 1.23. The van der Waals surface area contributed by atoms with E-state index in [2.05, 4.69) is 5.32 Å². The highest BCUT2D eigenvalue weighted by Gasteiger charge is 2.42. The van der Waals surface area contributed by atoms with Crippen molar-refractivity contribution in [2.24, 2.45) is 17.6 Å². The molecule has 136 valence electrons. The molecule has 0 aromatic heterocycles. The number of non-ortho nitro benzene ring substituents is 1. The molecule has 3 unspecified atom stereocenters. The number of likely N-dealkylation sites (tertiary alicyclic amines) is 1. The number of nitrogens with one attached hydrogen (secondary N) is 1. The van der Waals surface area contributed by atoms with E-state index in [1.807, 2.05) is 0 Å². The monoisotopic (exact) mass is 368 g/mol. The number of hydrogen-bond acceptors (Lipinski definition) is 5. The second kappa shape index (κ2) is 7.79. The number of amides is 2. The topological polar surface area (TPSA) is 119 Å². The van der Waals surface area contributed by atoms with Gasteiger partial charge in [0.15, 0.2) is 0 Å². The van der Waals surface area contributed by atoms with Gasteiger partial charge in [0.1, 0.15) is 0 Å². The average molecular weight is 369 g/mol. The number of carbonyl (C=O) groups is 2.